The quantitative estimate of drug-likeness (QED) is 0.157. The first-order valence-electron chi connectivity index (χ1n) is 17.2. The summed E-state index contributed by atoms with van der Waals surface area (Å²) in [5.74, 6) is 2.42. The molecule has 8 rings (SSSR count). The van der Waals surface area contributed by atoms with Crippen LogP contribution in [-0.4, -0.2) is 62.7 Å². The van der Waals surface area contributed by atoms with Gasteiger partial charge in [0.2, 0.25) is 0 Å². The van der Waals surface area contributed by atoms with Crippen LogP contribution < -0.4 is 0 Å². The van der Waals surface area contributed by atoms with Gasteiger partial charge >= 0.3 is 0 Å². The number of benzene rings is 4. The summed E-state index contributed by atoms with van der Waals surface area (Å²) in [5, 5.41) is 29.5. The van der Waals surface area contributed by atoms with E-state index in [2.05, 4.69) is 139 Å². The number of unbranched alkanes of at least 4 members (excludes halogenated alkanes) is 1. The Labute approximate surface area is 290 Å². The minimum atomic E-state index is -0.547. The maximum absolute atomic E-state index is 5.36. The molecule has 3 aromatic heterocycles. The molecule has 11 heteroatoms. The van der Waals surface area contributed by atoms with Gasteiger partial charge in [0.1, 0.15) is 5.82 Å². The summed E-state index contributed by atoms with van der Waals surface area (Å²) in [6.45, 7) is 7.70. The number of aromatic amines is 2. The Bertz CT molecular complexity index is 2100. The fraction of sp³-hybridized carbons (Fsp3) is 0.256. The minimum Gasteiger partial charge on any atom is -0.316 e. The number of H-pyrrole nitrogens is 2. The fourth-order valence-electron chi connectivity index (χ4n) is 7.43. The van der Waals surface area contributed by atoms with Gasteiger partial charge in [-0.3, -0.25) is 4.90 Å². The van der Waals surface area contributed by atoms with E-state index in [0.29, 0.717) is 11.6 Å². The zero-order valence-corrected chi connectivity index (χ0v) is 28.7. The van der Waals surface area contributed by atoms with Crippen molar-refractivity contribution in [3.63, 3.8) is 0 Å². The van der Waals surface area contributed by atoms with Gasteiger partial charge in [-0.15, -0.1) is 10.2 Å². The molecule has 11 nitrogen and oxygen atoms in total. The maximum Gasteiger partial charge on any atom is 0.180 e. The molecule has 7 aromatic rings. The predicted octanol–water partition coefficient (Wildman–Crippen LogP) is 7.24. The second kappa shape index (κ2) is 12.9. The molecule has 1 atom stereocenters. The summed E-state index contributed by atoms with van der Waals surface area (Å²) in [4.78, 5) is 7.75. The van der Waals surface area contributed by atoms with Crippen LogP contribution in [0.25, 0.3) is 45.0 Å². The van der Waals surface area contributed by atoms with Crippen LogP contribution in [0.2, 0.25) is 0 Å². The lowest BCUT2D eigenvalue weighted by molar-refractivity contribution is 0.273. The van der Waals surface area contributed by atoms with E-state index in [1.807, 2.05) is 36.4 Å². The largest absolute Gasteiger partial charge is 0.316 e. The first kappa shape index (κ1) is 31.5. The third-order valence-corrected chi connectivity index (χ3v) is 10.3. The van der Waals surface area contributed by atoms with Gasteiger partial charge < -0.3 is 4.57 Å². The number of imidazole rings is 1. The van der Waals surface area contributed by atoms with E-state index in [-0.39, 0.29) is 6.04 Å². The number of hydrogen-bond donors (Lipinski definition) is 2. The lowest BCUT2D eigenvalue weighted by Gasteiger charge is -2.36. The van der Waals surface area contributed by atoms with E-state index >= 15 is 0 Å². The van der Waals surface area contributed by atoms with Gasteiger partial charge in [0.15, 0.2) is 11.6 Å². The number of nitrogens with one attached hydrogen (secondary N) is 2. The average molecular weight is 662 g/mol. The molecule has 0 radical (unpaired) electrons. The SMILES string of the molecule is CCCCc1nc2c(n1C(C)(c1ccc(-c3ccccc3-c3nnn[nH]3)cc1)c1ccc(-c3ccccc3-c3nnn[nH]3)cc1)CN(C)C2C. The Hall–Kier alpha value is -5.81. The molecular weight excluding hydrogens is 623 g/mol. The molecule has 0 spiro atoms. The average Bonchev–Trinajstić information content (AvgIpc) is 3.99. The van der Waals surface area contributed by atoms with Crippen molar-refractivity contribution in [2.45, 2.75) is 58.2 Å². The Kier molecular flexibility index (Phi) is 8.12. The second-order valence-corrected chi connectivity index (χ2v) is 13.2. The van der Waals surface area contributed by atoms with E-state index in [4.69, 9.17) is 4.98 Å². The van der Waals surface area contributed by atoms with Crippen molar-refractivity contribution >= 4 is 0 Å². The molecule has 50 heavy (non-hydrogen) atoms. The van der Waals surface area contributed by atoms with E-state index in [1.54, 1.807) is 0 Å². The Balaban J connectivity index is 1.28. The van der Waals surface area contributed by atoms with Crippen LogP contribution in [0.1, 0.15) is 68.0 Å². The van der Waals surface area contributed by atoms with Gasteiger partial charge in [0.05, 0.1) is 23.0 Å². The minimum absolute atomic E-state index is 0.254. The van der Waals surface area contributed by atoms with Crippen molar-refractivity contribution in [1.82, 2.24) is 55.7 Å². The summed E-state index contributed by atoms with van der Waals surface area (Å²) in [6.07, 6.45) is 3.10. The van der Waals surface area contributed by atoms with Crippen LogP contribution in [0.15, 0.2) is 97.1 Å². The highest BCUT2D eigenvalue weighted by Gasteiger charge is 2.40. The Morgan fingerprint density at radius 3 is 1.68 bits per heavy atom. The van der Waals surface area contributed by atoms with Crippen molar-refractivity contribution in [3.8, 4) is 45.0 Å². The number of rotatable bonds is 10. The van der Waals surface area contributed by atoms with Crippen LogP contribution in [-0.2, 0) is 18.5 Å². The van der Waals surface area contributed by atoms with Gasteiger partial charge in [0, 0.05) is 24.1 Å². The van der Waals surface area contributed by atoms with Crippen molar-refractivity contribution in [3.05, 3.63) is 125 Å². The normalized spacial score (nSPS) is 14.7. The van der Waals surface area contributed by atoms with E-state index in [1.165, 1.54) is 22.5 Å². The van der Waals surface area contributed by atoms with Crippen molar-refractivity contribution in [1.29, 1.82) is 0 Å². The second-order valence-electron chi connectivity index (χ2n) is 13.2. The Morgan fingerprint density at radius 1 is 0.720 bits per heavy atom. The summed E-state index contributed by atoms with van der Waals surface area (Å²) >= 11 is 0. The zero-order chi connectivity index (χ0) is 34.2. The molecule has 0 amide bonds. The van der Waals surface area contributed by atoms with Crippen LogP contribution in [0, 0.1) is 0 Å². The summed E-state index contributed by atoms with van der Waals surface area (Å²) in [7, 11) is 2.19. The van der Waals surface area contributed by atoms with Gasteiger partial charge in [0.25, 0.3) is 0 Å². The molecule has 0 bridgehead atoms. The molecule has 250 valence electrons. The molecule has 1 aliphatic rings. The molecule has 4 heterocycles. The molecule has 2 N–H and O–H groups in total. The molecular formula is C39H39N11. The predicted molar refractivity (Wildman–Crippen MR) is 193 cm³/mol. The lowest BCUT2D eigenvalue weighted by Crippen LogP contribution is -2.36. The topological polar surface area (TPSA) is 130 Å². The number of fused-ring (bicyclic) bond motifs is 1. The summed E-state index contributed by atoms with van der Waals surface area (Å²) in [5.41, 5.74) is 10.5. The third-order valence-electron chi connectivity index (χ3n) is 10.3. The molecule has 1 unspecified atom stereocenters. The van der Waals surface area contributed by atoms with Crippen LogP contribution in [0.4, 0.5) is 0 Å². The van der Waals surface area contributed by atoms with Gasteiger partial charge in [-0.2, -0.15) is 0 Å². The summed E-state index contributed by atoms with van der Waals surface area (Å²) < 4.78 is 2.55. The number of aromatic nitrogens is 10. The highest BCUT2D eigenvalue weighted by Crippen LogP contribution is 2.43. The van der Waals surface area contributed by atoms with Gasteiger partial charge in [-0.05, 0) is 81.6 Å². The molecule has 0 saturated carbocycles. The van der Waals surface area contributed by atoms with Crippen molar-refractivity contribution in [2.75, 3.05) is 7.05 Å². The number of aryl methyl sites for hydroxylation is 1. The Morgan fingerprint density at radius 2 is 1.22 bits per heavy atom. The highest BCUT2D eigenvalue weighted by atomic mass is 15.5. The number of hydrogen-bond acceptors (Lipinski definition) is 8. The lowest BCUT2D eigenvalue weighted by atomic mass is 9.82. The molecule has 4 aromatic carbocycles. The van der Waals surface area contributed by atoms with Gasteiger partial charge in [-0.1, -0.05) is 110 Å². The molecule has 1 aliphatic heterocycles. The zero-order valence-electron chi connectivity index (χ0n) is 28.7. The standard InChI is InChI=1S/C39H39N11/c1-5-6-15-35-40-36-25(2)49(4)24-34(36)50(35)39(3,28-20-16-26(17-21-28)30-11-7-9-13-32(30)37-41-45-46-42-37)29-22-18-27(19-23-29)31-12-8-10-14-33(31)38-43-47-48-44-38/h7-14,16-23,25H,5-6,15,24H2,1-4H3,(H,41,42,45,46)(H,43,44,47,48). The molecule has 0 saturated heterocycles. The first-order valence-corrected chi connectivity index (χ1v) is 17.2. The summed E-state index contributed by atoms with van der Waals surface area (Å²) in [6, 6.07) is 34.6. The van der Waals surface area contributed by atoms with Crippen LogP contribution >= 0.6 is 0 Å². The van der Waals surface area contributed by atoms with E-state index in [0.717, 1.165) is 65.0 Å². The highest BCUT2D eigenvalue weighted by molar-refractivity contribution is 5.81. The maximum atomic E-state index is 5.36. The third kappa shape index (κ3) is 5.30. The van der Waals surface area contributed by atoms with Crippen molar-refractivity contribution in [2.24, 2.45) is 0 Å². The van der Waals surface area contributed by atoms with Crippen LogP contribution in [0.3, 0.4) is 0 Å². The monoisotopic (exact) mass is 661 g/mol. The molecule has 0 fully saturated rings. The molecule has 0 aliphatic carbocycles. The fourth-order valence-corrected chi connectivity index (χ4v) is 7.43. The van der Waals surface area contributed by atoms with Crippen molar-refractivity contribution < 1.29 is 0 Å². The number of tetrazole rings is 2. The smallest absolute Gasteiger partial charge is 0.180 e. The van der Waals surface area contributed by atoms with E-state index < -0.39 is 5.54 Å². The van der Waals surface area contributed by atoms with E-state index in [9.17, 15) is 0 Å². The first-order chi connectivity index (χ1) is 24.5. The number of nitrogens with zero attached hydrogens (tertiary/aromatic N) is 9. The van der Waals surface area contributed by atoms with Gasteiger partial charge in [-0.25, -0.2) is 15.2 Å². The van der Waals surface area contributed by atoms with Crippen LogP contribution in [0.5, 0.6) is 0 Å².